The Morgan fingerprint density at radius 1 is 2.00 bits per heavy atom. The molecule has 3 nitrogen and oxygen atoms in total. The van der Waals surface area contributed by atoms with Crippen LogP contribution >= 0.6 is 34.2 Å². The van der Waals surface area contributed by atoms with Crippen molar-refractivity contribution >= 4 is 34.2 Å². The van der Waals surface area contributed by atoms with E-state index in [0.29, 0.717) is 0 Å². The van der Waals surface area contributed by atoms with Crippen LogP contribution in [0.4, 0.5) is 0 Å². The normalized spacial score (nSPS) is 13.4. The van der Waals surface area contributed by atoms with E-state index in [9.17, 15) is 10.1 Å². The minimum absolute atomic E-state index is 0.165. The Bertz CT molecular complexity index is 76.1. The number of nitro groups is 1. The summed E-state index contributed by atoms with van der Waals surface area (Å²) >= 11 is 7.00. The molecule has 0 aliphatic rings. The first-order chi connectivity index (χ1) is 3.13. The van der Waals surface area contributed by atoms with Crippen molar-refractivity contribution in [3.63, 3.8) is 0 Å². The maximum absolute atomic E-state index is 9.53. The molecule has 0 bridgehead atoms. The molecule has 42 valence electrons. The minimum atomic E-state index is -0.440. The smallest absolute Gasteiger partial charge is 0.229 e. The molecule has 0 fully saturated rings. The van der Waals surface area contributed by atoms with Crippen molar-refractivity contribution in [1.82, 2.24) is 0 Å². The van der Waals surface area contributed by atoms with Gasteiger partial charge in [0.25, 0.3) is 0 Å². The van der Waals surface area contributed by atoms with Gasteiger partial charge in [-0.25, -0.2) is 0 Å². The lowest BCUT2D eigenvalue weighted by Gasteiger charge is -1.88. The summed E-state index contributed by atoms with van der Waals surface area (Å²) in [6, 6.07) is 0. The lowest BCUT2D eigenvalue weighted by atomic mass is 10.8. The molecule has 0 rings (SSSR count). The van der Waals surface area contributed by atoms with Gasteiger partial charge in [-0.05, 0) is 0 Å². The highest BCUT2D eigenvalue weighted by molar-refractivity contribution is 14.1. The van der Waals surface area contributed by atoms with Crippen molar-refractivity contribution in [2.45, 2.75) is 3.38 Å². The summed E-state index contributed by atoms with van der Waals surface area (Å²) in [4.78, 5) is 9.09. The molecule has 0 aliphatic carbocycles. The number of hydrogen-bond donors (Lipinski definition) is 0. The van der Waals surface area contributed by atoms with Crippen molar-refractivity contribution in [2.75, 3.05) is 6.54 Å². The zero-order chi connectivity index (χ0) is 5.86. The number of rotatable bonds is 2. The summed E-state index contributed by atoms with van der Waals surface area (Å²) in [6.45, 7) is -0.165. The van der Waals surface area contributed by atoms with Gasteiger partial charge in [-0.15, -0.1) is 11.6 Å². The van der Waals surface area contributed by atoms with E-state index in [1.165, 1.54) is 0 Å². The first kappa shape index (κ1) is 7.42. The lowest BCUT2D eigenvalue weighted by Crippen LogP contribution is -2.06. The Hall–Kier alpha value is 0.420. The predicted octanol–water partition coefficient (Wildman–Crippen LogP) is 1.26. The predicted molar refractivity (Wildman–Crippen MR) is 35.5 cm³/mol. The van der Waals surface area contributed by atoms with Crippen molar-refractivity contribution in [1.29, 1.82) is 0 Å². The molecule has 0 saturated carbocycles. The van der Waals surface area contributed by atoms with Gasteiger partial charge >= 0.3 is 0 Å². The molecule has 5 heteroatoms. The number of alkyl halides is 2. The third-order valence-electron chi connectivity index (χ3n) is 0.287. The minimum Gasteiger partial charge on any atom is -0.264 e. The van der Waals surface area contributed by atoms with Crippen LogP contribution in [0.25, 0.3) is 0 Å². The van der Waals surface area contributed by atoms with Crippen LogP contribution in [-0.2, 0) is 0 Å². The Labute approximate surface area is 59.3 Å². The Morgan fingerprint density at radius 3 is 2.43 bits per heavy atom. The molecule has 0 saturated heterocycles. The SMILES string of the molecule is O=[N+]([O-])CC(Cl)I. The van der Waals surface area contributed by atoms with Gasteiger partial charge < -0.3 is 0 Å². The van der Waals surface area contributed by atoms with Crippen molar-refractivity contribution in [2.24, 2.45) is 0 Å². The van der Waals surface area contributed by atoms with E-state index < -0.39 is 4.92 Å². The second-order valence-electron chi connectivity index (χ2n) is 0.906. The van der Waals surface area contributed by atoms with Gasteiger partial charge in [0.1, 0.15) is 3.38 Å². The molecule has 0 radical (unpaired) electrons. The highest BCUT2D eigenvalue weighted by Gasteiger charge is 2.04. The molecule has 1 unspecified atom stereocenters. The quantitative estimate of drug-likeness (QED) is 0.313. The molecule has 0 heterocycles. The zero-order valence-electron chi connectivity index (χ0n) is 3.30. The summed E-state index contributed by atoms with van der Waals surface area (Å²) < 4.78 is -0.382. The average Bonchev–Trinajstić information content (AvgIpc) is 1.27. The standard InChI is InChI=1S/C2H3ClINO2/c3-2(4)1-5(6)7/h2H,1H2. The van der Waals surface area contributed by atoms with Crippen LogP contribution < -0.4 is 0 Å². The second kappa shape index (κ2) is 3.43. The van der Waals surface area contributed by atoms with Crippen LogP contribution in [0.1, 0.15) is 0 Å². The molecule has 0 N–H and O–H groups in total. The molecule has 0 spiro atoms. The second-order valence-corrected chi connectivity index (χ2v) is 3.67. The molecule has 0 amide bonds. The summed E-state index contributed by atoms with van der Waals surface area (Å²) in [7, 11) is 0. The molecule has 7 heavy (non-hydrogen) atoms. The third kappa shape index (κ3) is 6.42. The maximum atomic E-state index is 9.53. The van der Waals surface area contributed by atoms with Crippen LogP contribution in [0, 0.1) is 10.1 Å². The van der Waals surface area contributed by atoms with Crippen LogP contribution in [0.3, 0.4) is 0 Å². The first-order valence-electron chi connectivity index (χ1n) is 1.53. The zero-order valence-corrected chi connectivity index (χ0v) is 6.22. The third-order valence-corrected chi connectivity index (χ3v) is 0.819. The Balaban J connectivity index is 3.13. The summed E-state index contributed by atoms with van der Waals surface area (Å²) in [6.07, 6.45) is 0. The van der Waals surface area contributed by atoms with Crippen LogP contribution in [0.15, 0.2) is 0 Å². The largest absolute Gasteiger partial charge is 0.264 e. The maximum Gasteiger partial charge on any atom is 0.229 e. The van der Waals surface area contributed by atoms with Crippen molar-refractivity contribution < 1.29 is 4.92 Å². The van der Waals surface area contributed by atoms with E-state index in [4.69, 9.17) is 11.6 Å². The summed E-state index contributed by atoms with van der Waals surface area (Å²) in [5.74, 6) is 0. The molecular formula is C2H3ClINO2. The monoisotopic (exact) mass is 235 g/mol. The molecule has 0 aromatic heterocycles. The van der Waals surface area contributed by atoms with Gasteiger partial charge in [0.15, 0.2) is 0 Å². The van der Waals surface area contributed by atoms with Crippen LogP contribution in [-0.4, -0.2) is 14.9 Å². The van der Waals surface area contributed by atoms with Gasteiger partial charge in [-0.1, -0.05) is 22.6 Å². The number of halogens is 2. The van der Waals surface area contributed by atoms with E-state index in [2.05, 4.69) is 0 Å². The first-order valence-corrected chi connectivity index (χ1v) is 3.21. The molecular weight excluding hydrogens is 232 g/mol. The Morgan fingerprint density at radius 2 is 2.43 bits per heavy atom. The molecule has 0 aromatic carbocycles. The van der Waals surface area contributed by atoms with Gasteiger partial charge in [0.2, 0.25) is 6.54 Å². The molecule has 1 atom stereocenters. The van der Waals surface area contributed by atoms with Gasteiger partial charge in [0.05, 0.1) is 0 Å². The number of nitrogens with zero attached hydrogens (tertiary/aromatic N) is 1. The van der Waals surface area contributed by atoms with E-state index in [1.54, 1.807) is 22.6 Å². The van der Waals surface area contributed by atoms with Gasteiger partial charge in [-0.2, -0.15) is 0 Å². The van der Waals surface area contributed by atoms with Gasteiger partial charge in [-0.3, -0.25) is 10.1 Å². The van der Waals surface area contributed by atoms with Crippen molar-refractivity contribution in [3.05, 3.63) is 10.1 Å². The molecule has 0 aromatic rings. The van der Waals surface area contributed by atoms with Crippen molar-refractivity contribution in [3.8, 4) is 0 Å². The fourth-order valence-corrected chi connectivity index (χ4v) is 0.547. The fourth-order valence-electron chi connectivity index (χ4n) is 0.113. The fraction of sp³-hybridized carbons (Fsp3) is 1.00. The van der Waals surface area contributed by atoms with Gasteiger partial charge in [0, 0.05) is 4.92 Å². The summed E-state index contributed by atoms with van der Waals surface area (Å²) in [5.41, 5.74) is 0. The highest BCUT2D eigenvalue weighted by atomic mass is 127. The Kier molecular flexibility index (Phi) is 3.63. The molecule has 0 aliphatic heterocycles. The summed E-state index contributed by atoms with van der Waals surface area (Å²) in [5, 5.41) is 9.53. The van der Waals surface area contributed by atoms with E-state index in [0.717, 1.165) is 0 Å². The average molecular weight is 235 g/mol. The van der Waals surface area contributed by atoms with Crippen LogP contribution in [0.5, 0.6) is 0 Å². The highest BCUT2D eigenvalue weighted by Crippen LogP contribution is 2.03. The lowest BCUT2D eigenvalue weighted by molar-refractivity contribution is -0.475. The number of hydrogen-bond acceptors (Lipinski definition) is 2. The van der Waals surface area contributed by atoms with E-state index >= 15 is 0 Å². The van der Waals surface area contributed by atoms with Crippen LogP contribution in [0.2, 0.25) is 0 Å². The topological polar surface area (TPSA) is 43.1 Å². The van der Waals surface area contributed by atoms with E-state index in [-0.39, 0.29) is 9.93 Å². The van der Waals surface area contributed by atoms with E-state index in [1.807, 2.05) is 0 Å².